The SMILES string of the molecule is CCc1c(CBr)[nH]c(C#N)c1C. The van der Waals surface area contributed by atoms with Crippen molar-refractivity contribution in [1.29, 1.82) is 5.26 Å². The lowest BCUT2D eigenvalue weighted by molar-refractivity contribution is 1.08. The molecule has 2 nitrogen and oxygen atoms in total. The Morgan fingerprint density at radius 3 is 2.58 bits per heavy atom. The standard InChI is InChI=1S/C9H11BrN2/c1-3-7-6(2)9(5-11)12-8(7)4-10/h12H,3-4H2,1-2H3. The molecular formula is C9H11BrN2. The molecule has 0 aromatic carbocycles. The predicted molar refractivity (Wildman–Crippen MR) is 52.3 cm³/mol. The molecule has 64 valence electrons. The Morgan fingerprint density at radius 2 is 2.25 bits per heavy atom. The van der Waals surface area contributed by atoms with Crippen LogP contribution in [0.2, 0.25) is 0 Å². The molecule has 3 heteroatoms. The van der Waals surface area contributed by atoms with Gasteiger partial charge in [-0.3, -0.25) is 0 Å². The molecule has 0 aliphatic heterocycles. The number of nitrogens with zero attached hydrogens (tertiary/aromatic N) is 1. The third kappa shape index (κ3) is 1.39. The Hall–Kier alpha value is -0.750. The van der Waals surface area contributed by atoms with Crippen molar-refractivity contribution in [3.8, 4) is 6.07 Å². The number of aromatic nitrogens is 1. The average Bonchev–Trinajstić information content (AvgIpc) is 2.41. The minimum atomic E-state index is 0.696. The van der Waals surface area contributed by atoms with Crippen LogP contribution in [0, 0.1) is 18.3 Å². The highest BCUT2D eigenvalue weighted by atomic mass is 79.9. The van der Waals surface area contributed by atoms with E-state index in [-0.39, 0.29) is 0 Å². The summed E-state index contributed by atoms with van der Waals surface area (Å²) in [7, 11) is 0. The molecule has 0 unspecified atom stereocenters. The maximum Gasteiger partial charge on any atom is 0.121 e. The average molecular weight is 227 g/mol. The van der Waals surface area contributed by atoms with Crippen molar-refractivity contribution in [1.82, 2.24) is 4.98 Å². The van der Waals surface area contributed by atoms with Gasteiger partial charge in [0, 0.05) is 11.0 Å². The Kier molecular flexibility index (Phi) is 2.93. The van der Waals surface area contributed by atoms with Gasteiger partial charge in [-0.1, -0.05) is 22.9 Å². The van der Waals surface area contributed by atoms with E-state index in [2.05, 4.69) is 33.9 Å². The van der Waals surface area contributed by atoms with Gasteiger partial charge in [-0.25, -0.2) is 0 Å². The quantitative estimate of drug-likeness (QED) is 0.775. The first kappa shape index (κ1) is 9.34. The van der Waals surface area contributed by atoms with Crippen LogP contribution in [0.15, 0.2) is 0 Å². The predicted octanol–water partition coefficient (Wildman–Crippen LogP) is 2.65. The summed E-state index contributed by atoms with van der Waals surface area (Å²) in [6.45, 7) is 4.09. The molecule has 1 rings (SSSR count). The second-order valence-corrected chi connectivity index (χ2v) is 3.24. The maximum atomic E-state index is 8.75. The van der Waals surface area contributed by atoms with Crippen LogP contribution in [0.5, 0.6) is 0 Å². The zero-order valence-corrected chi connectivity index (χ0v) is 8.83. The smallest absolute Gasteiger partial charge is 0.121 e. The van der Waals surface area contributed by atoms with E-state index in [0.29, 0.717) is 5.69 Å². The van der Waals surface area contributed by atoms with Crippen molar-refractivity contribution in [2.75, 3.05) is 0 Å². The van der Waals surface area contributed by atoms with Crippen LogP contribution in [0.4, 0.5) is 0 Å². The van der Waals surface area contributed by atoms with Gasteiger partial charge in [0.2, 0.25) is 0 Å². The molecule has 0 radical (unpaired) electrons. The van der Waals surface area contributed by atoms with Crippen LogP contribution in [-0.2, 0) is 11.8 Å². The van der Waals surface area contributed by atoms with E-state index in [1.165, 1.54) is 5.56 Å². The molecule has 0 atom stereocenters. The number of alkyl halides is 1. The van der Waals surface area contributed by atoms with Crippen LogP contribution in [-0.4, -0.2) is 4.98 Å². The number of H-pyrrole nitrogens is 1. The fourth-order valence-corrected chi connectivity index (χ4v) is 1.88. The number of halogens is 1. The number of aromatic amines is 1. The van der Waals surface area contributed by atoms with Gasteiger partial charge < -0.3 is 4.98 Å². The molecular weight excluding hydrogens is 216 g/mol. The molecule has 1 heterocycles. The fourth-order valence-electron chi connectivity index (χ4n) is 1.40. The molecule has 0 fully saturated rings. The van der Waals surface area contributed by atoms with Crippen LogP contribution < -0.4 is 0 Å². The third-order valence-electron chi connectivity index (χ3n) is 2.07. The Labute approximate surface area is 80.7 Å². The molecule has 1 N–H and O–H groups in total. The summed E-state index contributed by atoms with van der Waals surface area (Å²) in [4.78, 5) is 3.09. The summed E-state index contributed by atoms with van der Waals surface area (Å²) in [6.07, 6.45) is 0.977. The lowest BCUT2D eigenvalue weighted by atomic mass is 10.1. The van der Waals surface area contributed by atoms with E-state index in [4.69, 9.17) is 5.26 Å². The highest BCUT2D eigenvalue weighted by Crippen LogP contribution is 2.20. The monoisotopic (exact) mass is 226 g/mol. The fraction of sp³-hybridized carbons (Fsp3) is 0.444. The van der Waals surface area contributed by atoms with Crippen molar-refractivity contribution >= 4 is 15.9 Å². The van der Waals surface area contributed by atoms with E-state index in [9.17, 15) is 0 Å². The second kappa shape index (κ2) is 3.77. The summed E-state index contributed by atoms with van der Waals surface area (Å²) in [6, 6.07) is 2.15. The first-order valence-corrected chi connectivity index (χ1v) is 5.03. The molecule has 0 saturated heterocycles. The number of nitrogens with one attached hydrogen (secondary N) is 1. The highest BCUT2D eigenvalue weighted by Gasteiger charge is 2.10. The molecule has 0 bridgehead atoms. The lowest BCUT2D eigenvalue weighted by Gasteiger charge is -1.96. The van der Waals surface area contributed by atoms with Crippen LogP contribution in [0.3, 0.4) is 0 Å². The van der Waals surface area contributed by atoms with Crippen LogP contribution in [0.1, 0.15) is 29.4 Å². The lowest BCUT2D eigenvalue weighted by Crippen LogP contribution is -1.86. The van der Waals surface area contributed by atoms with E-state index >= 15 is 0 Å². The molecule has 1 aromatic heterocycles. The number of rotatable bonds is 2. The number of nitriles is 1. The van der Waals surface area contributed by atoms with E-state index in [1.807, 2.05) is 6.92 Å². The Morgan fingerprint density at radius 1 is 1.58 bits per heavy atom. The minimum Gasteiger partial charge on any atom is -0.349 e. The van der Waals surface area contributed by atoms with Gasteiger partial charge in [-0.05, 0) is 24.5 Å². The van der Waals surface area contributed by atoms with Gasteiger partial charge >= 0.3 is 0 Å². The molecule has 0 aliphatic carbocycles. The largest absolute Gasteiger partial charge is 0.349 e. The zero-order valence-electron chi connectivity index (χ0n) is 7.24. The summed E-state index contributed by atoms with van der Waals surface area (Å²) >= 11 is 3.39. The number of hydrogen-bond donors (Lipinski definition) is 1. The van der Waals surface area contributed by atoms with Gasteiger partial charge in [-0.15, -0.1) is 0 Å². The minimum absolute atomic E-state index is 0.696. The first-order chi connectivity index (χ1) is 5.74. The topological polar surface area (TPSA) is 39.6 Å². The summed E-state index contributed by atoms with van der Waals surface area (Å²) < 4.78 is 0. The van der Waals surface area contributed by atoms with Crippen molar-refractivity contribution < 1.29 is 0 Å². The van der Waals surface area contributed by atoms with Gasteiger partial charge in [0.1, 0.15) is 11.8 Å². The third-order valence-corrected chi connectivity index (χ3v) is 2.63. The Balaban J connectivity index is 3.25. The normalized spacial score (nSPS) is 9.83. The van der Waals surface area contributed by atoms with Crippen molar-refractivity contribution in [3.05, 3.63) is 22.5 Å². The first-order valence-electron chi connectivity index (χ1n) is 3.91. The molecule has 1 aromatic rings. The van der Waals surface area contributed by atoms with Crippen LogP contribution >= 0.6 is 15.9 Å². The number of hydrogen-bond acceptors (Lipinski definition) is 1. The molecule has 0 saturated carbocycles. The van der Waals surface area contributed by atoms with Gasteiger partial charge in [-0.2, -0.15) is 5.26 Å². The molecule has 0 aliphatic rings. The maximum absolute atomic E-state index is 8.75. The van der Waals surface area contributed by atoms with Gasteiger partial charge in [0.05, 0.1) is 0 Å². The highest BCUT2D eigenvalue weighted by molar-refractivity contribution is 9.08. The van der Waals surface area contributed by atoms with Crippen molar-refractivity contribution in [2.24, 2.45) is 0 Å². The summed E-state index contributed by atoms with van der Waals surface area (Å²) in [5.74, 6) is 0. The molecule has 0 spiro atoms. The van der Waals surface area contributed by atoms with E-state index in [1.54, 1.807) is 0 Å². The molecule has 12 heavy (non-hydrogen) atoms. The van der Waals surface area contributed by atoms with Gasteiger partial charge in [0.15, 0.2) is 0 Å². The second-order valence-electron chi connectivity index (χ2n) is 2.68. The molecule has 0 amide bonds. The Bertz CT molecular complexity index is 320. The van der Waals surface area contributed by atoms with Crippen LogP contribution in [0.25, 0.3) is 0 Å². The summed E-state index contributed by atoms with van der Waals surface area (Å²) in [5.41, 5.74) is 4.19. The van der Waals surface area contributed by atoms with E-state index < -0.39 is 0 Å². The van der Waals surface area contributed by atoms with Crippen molar-refractivity contribution in [2.45, 2.75) is 25.6 Å². The van der Waals surface area contributed by atoms with E-state index in [0.717, 1.165) is 23.0 Å². The van der Waals surface area contributed by atoms with Gasteiger partial charge in [0.25, 0.3) is 0 Å². The zero-order chi connectivity index (χ0) is 9.14. The van der Waals surface area contributed by atoms with Crippen molar-refractivity contribution in [3.63, 3.8) is 0 Å². The summed E-state index contributed by atoms with van der Waals surface area (Å²) in [5, 5.41) is 9.54.